The molecule has 0 spiro atoms. The van der Waals surface area contributed by atoms with Crippen molar-refractivity contribution in [1.29, 1.82) is 0 Å². The van der Waals surface area contributed by atoms with Crippen molar-refractivity contribution in [3.63, 3.8) is 0 Å². The lowest BCUT2D eigenvalue weighted by Crippen LogP contribution is -2.09. The minimum atomic E-state index is 0.884. The highest BCUT2D eigenvalue weighted by atomic mass is 15.3. The second-order valence-electron chi connectivity index (χ2n) is 6.05. The first-order valence-electron chi connectivity index (χ1n) is 10.1. The highest BCUT2D eigenvalue weighted by Gasteiger charge is 2.11. The molecule has 0 saturated carbocycles. The number of benzene rings is 2. The zero-order chi connectivity index (χ0) is 18.8. The molecule has 2 aliphatic rings. The Balaban J connectivity index is 0.000000570. The van der Waals surface area contributed by atoms with E-state index >= 15 is 0 Å². The molecule has 0 atom stereocenters. The van der Waals surface area contributed by atoms with Gasteiger partial charge in [-0.2, -0.15) is 5.10 Å². The number of fused-ring (bicyclic) bond motifs is 2. The highest BCUT2D eigenvalue weighted by Crippen LogP contribution is 2.25. The second-order valence-corrected chi connectivity index (χ2v) is 6.05. The van der Waals surface area contributed by atoms with Gasteiger partial charge < -0.3 is 0 Å². The molecule has 2 aromatic rings. The van der Waals surface area contributed by atoms with Gasteiger partial charge in [-0.25, -0.2) is 0 Å². The standard InChI is InChI=1S/C20H20N2.2C2H6/c1-2-8-17-14-18(13-12-15(17)6-1)21-22-20-11-5-9-16-7-3-4-10-19(16)20;2*1-2/h3-5,7,9-10,12-14,21H,1-2,6,8,11H2;2*1-2H3/b22-20-;;. The van der Waals surface area contributed by atoms with Crippen molar-refractivity contribution >= 4 is 17.5 Å². The van der Waals surface area contributed by atoms with Crippen molar-refractivity contribution in [2.24, 2.45) is 5.10 Å². The summed E-state index contributed by atoms with van der Waals surface area (Å²) in [6, 6.07) is 15.1. The summed E-state index contributed by atoms with van der Waals surface area (Å²) in [5.74, 6) is 0. The normalized spacial score (nSPS) is 15.6. The summed E-state index contributed by atoms with van der Waals surface area (Å²) in [6.07, 6.45) is 10.3. The summed E-state index contributed by atoms with van der Waals surface area (Å²) in [5.41, 5.74) is 10.9. The molecule has 0 amide bonds. The SMILES string of the molecule is C1=Cc2ccccc2/C(=N\Nc2ccc3c(c2)CCCC3)C1.CC.CC. The minimum Gasteiger partial charge on any atom is -0.278 e. The first-order valence-corrected chi connectivity index (χ1v) is 10.1. The third-order valence-electron chi connectivity index (χ3n) is 4.55. The predicted molar refractivity (Wildman–Crippen MR) is 116 cm³/mol. The van der Waals surface area contributed by atoms with Gasteiger partial charge in [0.05, 0.1) is 11.4 Å². The van der Waals surface area contributed by atoms with E-state index in [0.29, 0.717) is 0 Å². The number of anilines is 1. The van der Waals surface area contributed by atoms with Crippen LogP contribution in [-0.2, 0) is 12.8 Å². The fourth-order valence-corrected chi connectivity index (χ4v) is 3.35. The van der Waals surface area contributed by atoms with Gasteiger partial charge in [-0.3, -0.25) is 5.43 Å². The topological polar surface area (TPSA) is 24.4 Å². The van der Waals surface area contributed by atoms with Gasteiger partial charge in [0.15, 0.2) is 0 Å². The van der Waals surface area contributed by atoms with Crippen molar-refractivity contribution in [2.45, 2.75) is 59.8 Å². The van der Waals surface area contributed by atoms with Gasteiger partial charge >= 0.3 is 0 Å². The molecule has 4 rings (SSSR count). The maximum absolute atomic E-state index is 4.66. The first kappa shape index (κ1) is 20.0. The monoisotopic (exact) mass is 348 g/mol. The third-order valence-corrected chi connectivity index (χ3v) is 4.55. The van der Waals surface area contributed by atoms with Crippen LogP contribution in [0.15, 0.2) is 53.6 Å². The smallest absolute Gasteiger partial charge is 0.0723 e. The van der Waals surface area contributed by atoms with Crippen LogP contribution in [0, 0.1) is 0 Å². The number of nitrogens with one attached hydrogen (secondary N) is 1. The van der Waals surface area contributed by atoms with Crippen LogP contribution >= 0.6 is 0 Å². The van der Waals surface area contributed by atoms with Crippen LogP contribution < -0.4 is 5.43 Å². The van der Waals surface area contributed by atoms with E-state index in [0.717, 1.165) is 17.8 Å². The molecule has 2 heteroatoms. The largest absolute Gasteiger partial charge is 0.278 e. The lowest BCUT2D eigenvalue weighted by Gasteiger charge is -2.17. The van der Waals surface area contributed by atoms with Crippen LogP contribution in [-0.4, -0.2) is 5.71 Å². The molecule has 26 heavy (non-hydrogen) atoms. The molecule has 1 N–H and O–H groups in total. The summed E-state index contributed by atoms with van der Waals surface area (Å²) < 4.78 is 0. The first-order chi connectivity index (χ1) is 12.9. The maximum atomic E-state index is 4.66. The summed E-state index contributed by atoms with van der Waals surface area (Å²) in [5, 5.41) is 4.66. The van der Waals surface area contributed by atoms with Crippen molar-refractivity contribution in [1.82, 2.24) is 0 Å². The lowest BCUT2D eigenvalue weighted by molar-refractivity contribution is 0.686. The van der Waals surface area contributed by atoms with Crippen molar-refractivity contribution in [2.75, 3.05) is 5.43 Å². The molecule has 0 bridgehead atoms. The molecule has 0 aliphatic heterocycles. The highest BCUT2D eigenvalue weighted by molar-refractivity contribution is 6.06. The quantitative estimate of drug-likeness (QED) is 0.590. The van der Waals surface area contributed by atoms with Crippen molar-refractivity contribution in [3.8, 4) is 0 Å². The van der Waals surface area contributed by atoms with Crippen LogP contribution in [0.1, 0.15) is 69.2 Å². The van der Waals surface area contributed by atoms with Crippen LogP contribution in [0.2, 0.25) is 0 Å². The Labute approximate surface area is 159 Å². The Hall–Kier alpha value is -2.35. The van der Waals surface area contributed by atoms with Crippen molar-refractivity contribution in [3.05, 3.63) is 70.8 Å². The number of hydrogen-bond donors (Lipinski definition) is 1. The van der Waals surface area contributed by atoms with Crippen LogP contribution in [0.25, 0.3) is 6.08 Å². The fourth-order valence-electron chi connectivity index (χ4n) is 3.35. The number of hydrogen-bond acceptors (Lipinski definition) is 2. The summed E-state index contributed by atoms with van der Waals surface area (Å²) in [7, 11) is 0. The van der Waals surface area contributed by atoms with Crippen LogP contribution in [0.4, 0.5) is 5.69 Å². The Morgan fingerprint density at radius 3 is 2.38 bits per heavy atom. The van der Waals surface area contributed by atoms with Crippen LogP contribution in [0.3, 0.4) is 0 Å². The molecular weight excluding hydrogens is 316 g/mol. The molecule has 0 unspecified atom stereocenters. The predicted octanol–water partition coefficient (Wildman–Crippen LogP) is 6.85. The second kappa shape index (κ2) is 10.6. The van der Waals surface area contributed by atoms with Crippen LogP contribution in [0.5, 0.6) is 0 Å². The maximum Gasteiger partial charge on any atom is 0.0723 e. The van der Waals surface area contributed by atoms with E-state index < -0.39 is 0 Å². The Kier molecular flexibility index (Phi) is 8.14. The Bertz CT molecular complexity index is 757. The number of rotatable bonds is 2. The zero-order valence-electron chi connectivity index (χ0n) is 16.7. The fraction of sp³-hybridized carbons (Fsp3) is 0.375. The Morgan fingerprint density at radius 1 is 0.846 bits per heavy atom. The van der Waals surface area contributed by atoms with Crippen molar-refractivity contribution < 1.29 is 0 Å². The summed E-state index contributed by atoms with van der Waals surface area (Å²) in [6.45, 7) is 8.00. The average molecular weight is 349 g/mol. The molecule has 0 fully saturated rings. The number of allylic oxidation sites excluding steroid dienone is 1. The van der Waals surface area contributed by atoms with Gasteiger partial charge in [0.2, 0.25) is 0 Å². The molecule has 0 aromatic heterocycles. The molecule has 138 valence electrons. The van der Waals surface area contributed by atoms with E-state index in [9.17, 15) is 0 Å². The van der Waals surface area contributed by atoms with Gasteiger partial charge in [-0.05, 0) is 54.5 Å². The molecular formula is C24H32N2. The van der Waals surface area contributed by atoms with E-state index in [4.69, 9.17) is 0 Å². The van der Waals surface area contributed by atoms with Gasteiger partial charge in [0.25, 0.3) is 0 Å². The van der Waals surface area contributed by atoms with Gasteiger partial charge in [0.1, 0.15) is 0 Å². The number of hydrazone groups is 1. The molecule has 0 radical (unpaired) electrons. The summed E-state index contributed by atoms with van der Waals surface area (Å²) in [4.78, 5) is 0. The molecule has 2 aliphatic carbocycles. The number of aryl methyl sites for hydroxylation is 2. The number of nitrogens with zero attached hydrogens (tertiary/aromatic N) is 1. The zero-order valence-corrected chi connectivity index (χ0v) is 16.7. The van der Waals surface area contributed by atoms with E-state index in [1.807, 2.05) is 27.7 Å². The lowest BCUT2D eigenvalue weighted by atomic mass is 9.91. The van der Waals surface area contributed by atoms with Gasteiger partial charge in [-0.1, -0.05) is 70.2 Å². The molecule has 0 heterocycles. The van der Waals surface area contributed by atoms with Gasteiger partial charge in [0, 0.05) is 12.0 Å². The molecule has 2 aromatic carbocycles. The van der Waals surface area contributed by atoms with E-state index in [2.05, 4.69) is 65.1 Å². The minimum absolute atomic E-state index is 0.884. The third kappa shape index (κ3) is 4.85. The molecule has 0 saturated heterocycles. The Morgan fingerprint density at radius 2 is 1.58 bits per heavy atom. The summed E-state index contributed by atoms with van der Waals surface area (Å²) >= 11 is 0. The average Bonchev–Trinajstić information content (AvgIpc) is 2.75. The molecule has 2 nitrogen and oxygen atoms in total. The van der Waals surface area contributed by atoms with E-state index in [1.165, 1.54) is 47.9 Å². The van der Waals surface area contributed by atoms with Gasteiger partial charge in [-0.15, -0.1) is 0 Å². The van der Waals surface area contributed by atoms with E-state index in [1.54, 1.807) is 0 Å². The van der Waals surface area contributed by atoms with E-state index in [-0.39, 0.29) is 0 Å².